The number of carbonyl (C=O) groups excluding carboxylic acids is 1. The third-order valence-corrected chi connectivity index (χ3v) is 4.21. The van der Waals surface area contributed by atoms with Gasteiger partial charge in [-0.05, 0) is 12.1 Å². The Morgan fingerprint density at radius 2 is 2.13 bits per heavy atom. The lowest BCUT2D eigenvalue weighted by Gasteiger charge is -2.46. The maximum Gasteiger partial charge on any atom is 0.420 e. The zero-order chi connectivity index (χ0) is 16.7. The number of halogens is 3. The molecule has 2 aromatic rings. The zero-order valence-electron chi connectivity index (χ0n) is 11.5. The number of pyridine rings is 1. The highest BCUT2D eigenvalue weighted by molar-refractivity contribution is 7.13. The lowest BCUT2D eigenvalue weighted by Crippen LogP contribution is -2.70. The summed E-state index contributed by atoms with van der Waals surface area (Å²) in [5, 5.41) is 13.9. The summed E-state index contributed by atoms with van der Waals surface area (Å²) in [4.78, 5) is 21.0. The number of rotatable bonds is 2. The van der Waals surface area contributed by atoms with Crippen molar-refractivity contribution in [3.63, 3.8) is 0 Å². The molecule has 0 radical (unpaired) electrons. The molecule has 0 aliphatic carbocycles. The first kappa shape index (κ1) is 15.7. The van der Waals surface area contributed by atoms with Gasteiger partial charge in [0.05, 0.1) is 18.8 Å². The van der Waals surface area contributed by atoms with Crippen LogP contribution in [0.3, 0.4) is 0 Å². The van der Waals surface area contributed by atoms with Crippen LogP contribution in [0.5, 0.6) is 0 Å². The van der Waals surface area contributed by atoms with E-state index in [0.717, 1.165) is 4.90 Å². The van der Waals surface area contributed by atoms with Crippen LogP contribution < -0.4 is 5.32 Å². The number of aromatic nitrogens is 2. The van der Waals surface area contributed by atoms with Crippen LogP contribution in [0.4, 0.5) is 23.8 Å². The summed E-state index contributed by atoms with van der Waals surface area (Å²) in [5.74, 6) is 0.225. The molecule has 0 saturated carbocycles. The molecule has 1 fully saturated rings. The number of aliphatic hydroxyl groups is 1. The average molecular weight is 344 g/mol. The second-order valence-electron chi connectivity index (χ2n) is 5.07. The molecule has 2 amide bonds. The smallest absolute Gasteiger partial charge is 0.378 e. The van der Waals surface area contributed by atoms with Crippen molar-refractivity contribution in [3.05, 3.63) is 29.8 Å². The fourth-order valence-corrected chi connectivity index (χ4v) is 2.76. The van der Waals surface area contributed by atoms with E-state index in [0.29, 0.717) is 10.7 Å². The molecule has 2 N–H and O–H groups in total. The maximum atomic E-state index is 12.5. The fourth-order valence-electron chi connectivity index (χ4n) is 2.03. The summed E-state index contributed by atoms with van der Waals surface area (Å²) in [6.45, 7) is -1.58. The SMILES string of the molecule is O=C(Nc1csc(-c2ccccn2)n1)N1CC(O)(C(F)(F)F)C1. The highest BCUT2D eigenvalue weighted by Crippen LogP contribution is 2.37. The molecule has 2 aromatic heterocycles. The molecule has 3 rings (SSSR count). The first-order valence-electron chi connectivity index (χ1n) is 6.50. The van der Waals surface area contributed by atoms with E-state index in [9.17, 15) is 23.1 Å². The molecule has 23 heavy (non-hydrogen) atoms. The predicted molar refractivity (Wildman–Crippen MR) is 76.9 cm³/mol. The fraction of sp³-hybridized carbons (Fsp3) is 0.308. The van der Waals surface area contributed by atoms with E-state index in [-0.39, 0.29) is 5.82 Å². The molecule has 0 unspecified atom stereocenters. The van der Waals surface area contributed by atoms with Gasteiger partial charge >= 0.3 is 12.2 Å². The number of amides is 2. The van der Waals surface area contributed by atoms with E-state index in [1.54, 1.807) is 29.8 Å². The number of urea groups is 1. The van der Waals surface area contributed by atoms with Gasteiger partial charge in [-0.1, -0.05) is 6.07 Å². The molecule has 0 aromatic carbocycles. The van der Waals surface area contributed by atoms with Gasteiger partial charge in [0.25, 0.3) is 0 Å². The summed E-state index contributed by atoms with van der Waals surface area (Å²) in [6.07, 6.45) is -3.15. The van der Waals surface area contributed by atoms with Crippen molar-refractivity contribution in [2.45, 2.75) is 11.8 Å². The predicted octanol–water partition coefficient (Wildman–Crippen LogP) is 2.35. The molecule has 6 nitrogen and oxygen atoms in total. The number of thiazole rings is 1. The van der Waals surface area contributed by atoms with Crippen molar-refractivity contribution < 1.29 is 23.1 Å². The number of anilines is 1. The molecule has 1 saturated heterocycles. The van der Waals surface area contributed by atoms with Crippen LogP contribution in [0.2, 0.25) is 0 Å². The molecular weight excluding hydrogens is 333 g/mol. The van der Waals surface area contributed by atoms with E-state index in [4.69, 9.17) is 0 Å². The first-order chi connectivity index (χ1) is 10.8. The van der Waals surface area contributed by atoms with Gasteiger partial charge in [0.1, 0.15) is 10.8 Å². The third kappa shape index (κ3) is 2.99. The van der Waals surface area contributed by atoms with Crippen LogP contribution in [-0.4, -0.2) is 50.9 Å². The van der Waals surface area contributed by atoms with Gasteiger partial charge in [-0.3, -0.25) is 10.3 Å². The normalized spacial score (nSPS) is 16.8. The molecule has 0 atom stereocenters. The number of carbonyl (C=O) groups is 1. The minimum absolute atomic E-state index is 0.225. The van der Waals surface area contributed by atoms with E-state index < -0.39 is 30.9 Å². The number of likely N-dealkylation sites (tertiary alicyclic amines) is 1. The maximum absolute atomic E-state index is 12.5. The topological polar surface area (TPSA) is 78.4 Å². The summed E-state index contributed by atoms with van der Waals surface area (Å²) in [6, 6.07) is 4.56. The minimum Gasteiger partial charge on any atom is -0.378 e. The van der Waals surface area contributed by atoms with Gasteiger partial charge in [-0.25, -0.2) is 9.78 Å². The van der Waals surface area contributed by atoms with Crippen LogP contribution in [0, 0.1) is 0 Å². The summed E-state index contributed by atoms with van der Waals surface area (Å²) in [5.41, 5.74) is -2.20. The third-order valence-electron chi connectivity index (χ3n) is 3.34. The lowest BCUT2D eigenvalue weighted by molar-refractivity contribution is -0.293. The van der Waals surface area contributed by atoms with E-state index in [1.165, 1.54) is 11.3 Å². The molecule has 10 heteroatoms. The molecule has 3 heterocycles. The molecule has 1 aliphatic heterocycles. The number of nitrogens with zero attached hydrogens (tertiary/aromatic N) is 3. The van der Waals surface area contributed by atoms with Crippen LogP contribution in [0.15, 0.2) is 29.8 Å². The monoisotopic (exact) mass is 344 g/mol. The van der Waals surface area contributed by atoms with E-state index in [2.05, 4.69) is 15.3 Å². The Morgan fingerprint density at radius 3 is 2.74 bits per heavy atom. The molecular formula is C13H11F3N4O2S. The van der Waals surface area contributed by atoms with E-state index in [1.807, 2.05) is 0 Å². The van der Waals surface area contributed by atoms with Crippen LogP contribution in [0.1, 0.15) is 0 Å². The highest BCUT2D eigenvalue weighted by atomic mass is 32.1. The number of hydrogen-bond acceptors (Lipinski definition) is 5. The van der Waals surface area contributed by atoms with Gasteiger partial charge in [0.15, 0.2) is 5.60 Å². The summed E-state index contributed by atoms with van der Waals surface area (Å²) < 4.78 is 37.5. The largest absolute Gasteiger partial charge is 0.420 e. The first-order valence-corrected chi connectivity index (χ1v) is 7.38. The Balaban J connectivity index is 1.61. The number of alkyl halides is 3. The molecule has 1 aliphatic rings. The minimum atomic E-state index is -4.75. The Hall–Kier alpha value is -2.20. The second kappa shape index (κ2) is 5.46. The van der Waals surface area contributed by atoms with Gasteiger partial charge in [0, 0.05) is 11.6 Å². The summed E-state index contributed by atoms with van der Waals surface area (Å²) in [7, 11) is 0. The van der Waals surface area contributed by atoms with Crippen molar-refractivity contribution in [2.24, 2.45) is 0 Å². The number of β-amino-alcohol motifs (C(OH)–C–C–N with tert-alkyl or cyclic N) is 1. The average Bonchev–Trinajstić information content (AvgIpc) is 2.92. The van der Waals surface area contributed by atoms with Crippen molar-refractivity contribution in [3.8, 4) is 10.7 Å². The zero-order valence-corrected chi connectivity index (χ0v) is 12.4. The molecule has 0 bridgehead atoms. The van der Waals surface area contributed by atoms with Crippen LogP contribution in [-0.2, 0) is 0 Å². The Labute approximate surface area is 132 Å². The van der Waals surface area contributed by atoms with Gasteiger partial charge in [-0.2, -0.15) is 13.2 Å². The Morgan fingerprint density at radius 1 is 1.39 bits per heavy atom. The number of nitrogens with one attached hydrogen (secondary N) is 1. The van der Waals surface area contributed by atoms with Gasteiger partial charge in [0.2, 0.25) is 0 Å². The highest BCUT2D eigenvalue weighted by Gasteiger charge is 2.62. The van der Waals surface area contributed by atoms with Crippen molar-refractivity contribution in [1.29, 1.82) is 0 Å². The molecule has 122 valence electrons. The van der Waals surface area contributed by atoms with Gasteiger partial charge in [-0.15, -0.1) is 11.3 Å². The quantitative estimate of drug-likeness (QED) is 0.877. The Bertz CT molecular complexity index is 714. The second-order valence-corrected chi connectivity index (χ2v) is 5.93. The summed E-state index contributed by atoms with van der Waals surface area (Å²) >= 11 is 1.25. The van der Waals surface area contributed by atoms with Crippen molar-refractivity contribution in [1.82, 2.24) is 14.9 Å². The lowest BCUT2D eigenvalue weighted by atomic mass is 9.94. The molecule has 0 spiro atoms. The van der Waals surface area contributed by atoms with Crippen molar-refractivity contribution in [2.75, 3.05) is 18.4 Å². The van der Waals surface area contributed by atoms with Crippen molar-refractivity contribution >= 4 is 23.2 Å². The Kier molecular flexibility index (Phi) is 3.72. The van der Waals surface area contributed by atoms with Crippen LogP contribution in [0.25, 0.3) is 10.7 Å². The number of hydrogen-bond donors (Lipinski definition) is 2. The van der Waals surface area contributed by atoms with Gasteiger partial charge < -0.3 is 10.0 Å². The van der Waals surface area contributed by atoms with Crippen LogP contribution >= 0.6 is 11.3 Å². The van der Waals surface area contributed by atoms with E-state index >= 15 is 0 Å². The standard InChI is InChI=1S/C13H11F3N4O2S/c14-13(15,16)12(22)6-20(7-12)11(21)19-9-5-23-10(18-9)8-3-1-2-4-17-8/h1-5,22H,6-7H2,(H,19,21).